The van der Waals surface area contributed by atoms with Gasteiger partial charge in [-0.15, -0.1) is 22.7 Å². The largest absolute Gasteiger partial charge is 0.469 e. The molecule has 0 atom stereocenters. The monoisotopic (exact) mass is 640 g/mol. The van der Waals surface area contributed by atoms with Gasteiger partial charge in [0, 0.05) is 32.4 Å². The maximum atomic E-state index is 5.61. The lowest BCUT2D eigenvalue weighted by molar-refractivity contribution is 0.432. The van der Waals surface area contributed by atoms with Crippen LogP contribution in [0, 0.1) is 0 Å². The fraction of sp³-hybridized carbons (Fsp3) is 0.600. The zero-order valence-electron chi connectivity index (χ0n) is 30.9. The molecule has 0 spiro atoms. The molecule has 0 saturated heterocycles. The maximum absolute atomic E-state index is 5.61. The molecule has 0 aliphatic heterocycles. The molecule has 0 N–H and O–H groups in total. The summed E-state index contributed by atoms with van der Waals surface area (Å²) >= 11 is 3.84. The number of rotatable bonds is 8. The lowest BCUT2D eigenvalue weighted by Crippen LogP contribution is -1.83. The molecule has 0 aromatic carbocycles. The minimum absolute atomic E-state index is 0.502. The zero-order valence-corrected chi connectivity index (χ0v) is 32.5. The molecular weight excluding hydrogens is 577 g/mol. The van der Waals surface area contributed by atoms with Crippen molar-refractivity contribution in [2.24, 2.45) is 0 Å². The molecule has 4 aromatic rings. The first kappa shape index (κ1) is 40.0. The molecular formula is C40H64O2S2. The van der Waals surface area contributed by atoms with Crippen LogP contribution in [0.25, 0.3) is 0 Å². The highest BCUT2D eigenvalue weighted by molar-refractivity contribution is 7.12. The second kappa shape index (κ2) is 19.5. The summed E-state index contributed by atoms with van der Waals surface area (Å²) < 4.78 is 11.0. The van der Waals surface area contributed by atoms with E-state index in [1.807, 2.05) is 28.9 Å². The highest BCUT2D eigenvalue weighted by Crippen LogP contribution is 2.29. The van der Waals surface area contributed by atoms with Gasteiger partial charge >= 0.3 is 0 Å². The van der Waals surface area contributed by atoms with Gasteiger partial charge in [0.2, 0.25) is 0 Å². The maximum Gasteiger partial charge on any atom is 0.106 e. The van der Waals surface area contributed by atoms with Crippen LogP contribution in [0.1, 0.15) is 201 Å². The van der Waals surface area contributed by atoms with Crippen LogP contribution < -0.4 is 0 Å². The van der Waals surface area contributed by atoms with Gasteiger partial charge < -0.3 is 8.83 Å². The smallest absolute Gasteiger partial charge is 0.106 e. The van der Waals surface area contributed by atoms with E-state index in [4.69, 9.17) is 8.83 Å². The molecule has 0 radical (unpaired) electrons. The molecule has 4 aromatic heterocycles. The standard InChI is InChI=1S/2C10H16O.2C10H16S/c1-7(2)9-5-10(8(3)4)11-6-9;1-7(2)9-5-6-10(11-9)8(3)4;1-7(2)9-5-10(8(3)4)11-6-9;1-7(2)9-5-6-10(11-9)8(3)4/h4*5-8H,1-4H3. The van der Waals surface area contributed by atoms with Gasteiger partial charge in [0.15, 0.2) is 0 Å². The van der Waals surface area contributed by atoms with Crippen LogP contribution in [0.2, 0.25) is 0 Å². The normalized spacial score (nSPS) is 11.5. The van der Waals surface area contributed by atoms with Gasteiger partial charge in [0.1, 0.15) is 17.3 Å². The van der Waals surface area contributed by atoms with Gasteiger partial charge in [0.25, 0.3) is 0 Å². The van der Waals surface area contributed by atoms with Crippen LogP contribution in [-0.4, -0.2) is 0 Å². The predicted molar refractivity (Wildman–Crippen MR) is 199 cm³/mol. The highest BCUT2D eigenvalue weighted by Gasteiger charge is 2.09. The molecule has 0 amide bonds. The van der Waals surface area contributed by atoms with Crippen LogP contribution in [0.5, 0.6) is 0 Å². The van der Waals surface area contributed by atoms with Crippen molar-refractivity contribution in [2.75, 3.05) is 0 Å². The summed E-state index contributed by atoms with van der Waals surface area (Å²) in [5.74, 6) is 8.10. The lowest BCUT2D eigenvalue weighted by atomic mass is 10.1. The number of thiophene rings is 2. The number of hydrogen-bond donors (Lipinski definition) is 0. The van der Waals surface area contributed by atoms with Crippen LogP contribution in [0.15, 0.2) is 56.9 Å². The highest BCUT2D eigenvalue weighted by atomic mass is 32.1. The third-order valence-electron chi connectivity index (χ3n) is 7.32. The summed E-state index contributed by atoms with van der Waals surface area (Å²) in [7, 11) is 0. The third kappa shape index (κ3) is 13.9. The van der Waals surface area contributed by atoms with E-state index in [2.05, 4.69) is 153 Å². The summed E-state index contributed by atoms with van der Waals surface area (Å²) in [6, 6.07) is 13.1. The lowest BCUT2D eigenvalue weighted by Gasteiger charge is -2.00. The Balaban J connectivity index is 0.000000293. The third-order valence-corrected chi connectivity index (χ3v) is 10.3. The molecule has 0 aliphatic carbocycles. The molecule has 0 saturated carbocycles. The number of hydrogen-bond acceptors (Lipinski definition) is 4. The van der Waals surface area contributed by atoms with Crippen molar-refractivity contribution >= 4 is 22.7 Å². The van der Waals surface area contributed by atoms with E-state index >= 15 is 0 Å². The second-order valence-corrected chi connectivity index (χ2v) is 16.4. The Hall–Kier alpha value is -2.04. The predicted octanol–water partition coefficient (Wildman–Crippen LogP) is 15.0. The Morgan fingerprint density at radius 3 is 1.09 bits per heavy atom. The van der Waals surface area contributed by atoms with Crippen LogP contribution in [0.3, 0.4) is 0 Å². The molecule has 0 fully saturated rings. The van der Waals surface area contributed by atoms with Gasteiger partial charge in [-0.25, -0.2) is 0 Å². The van der Waals surface area contributed by atoms with E-state index < -0.39 is 0 Å². The Kier molecular flexibility index (Phi) is 17.7. The molecule has 2 nitrogen and oxygen atoms in total. The molecule has 0 bridgehead atoms. The summed E-state index contributed by atoms with van der Waals surface area (Å²) in [4.78, 5) is 4.52. The van der Waals surface area contributed by atoms with Gasteiger partial charge in [-0.05, 0) is 82.5 Å². The Bertz CT molecular complexity index is 997. The van der Waals surface area contributed by atoms with Crippen molar-refractivity contribution in [3.63, 3.8) is 0 Å². The summed E-state index contributed by atoms with van der Waals surface area (Å²) in [5.41, 5.74) is 2.78. The van der Waals surface area contributed by atoms with Crippen LogP contribution in [-0.2, 0) is 0 Å². The van der Waals surface area contributed by atoms with E-state index in [0.717, 1.165) is 17.3 Å². The Morgan fingerprint density at radius 1 is 0.432 bits per heavy atom. The van der Waals surface area contributed by atoms with Crippen molar-refractivity contribution in [1.82, 2.24) is 0 Å². The van der Waals surface area contributed by atoms with Gasteiger partial charge in [-0.3, -0.25) is 0 Å². The minimum Gasteiger partial charge on any atom is -0.469 e. The zero-order chi connectivity index (χ0) is 33.7. The van der Waals surface area contributed by atoms with Crippen molar-refractivity contribution in [2.45, 2.75) is 158 Å². The quantitative estimate of drug-likeness (QED) is 0.191. The van der Waals surface area contributed by atoms with Crippen LogP contribution >= 0.6 is 22.7 Å². The molecule has 248 valence electrons. The first-order chi connectivity index (χ1) is 20.4. The minimum atomic E-state index is 0.502. The number of furan rings is 2. The van der Waals surface area contributed by atoms with E-state index in [0.29, 0.717) is 47.3 Å². The van der Waals surface area contributed by atoms with E-state index in [1.54, 1.807) is 0 Å². The van der Waals surface area contributed by atoms with Crippen molar-refractivity contribution in [1.29, 1.82) is 0 Å². The van der Waals surface area contributed by atoms with E-state index in [-0.39, 0.29) is 0 Å². The fourth-order valence-electron chi connectivity index (χ4n) is 3.93. The van der Waals surface area contributed by atoms with Gasteiger partial charge in [0.05, 0.1) is 6.26 Å². The fourth-order valence-corrected chi connectivity index (χ4v) is 6.03. The van der Waals surface area contributed by atoms with Crippen molar-refractivity contribution in [3.8, 4) is 0 Å². The van der Waals surface area contributed by atoms with E-state index in [1.165, 1.54) is 25.8 Å². The molecule has 4 heteroatoms. The van der Waals surface area contributed by atoms with E-state index in [9.17, 15) is 0 Å². The van der Waals surface area contributed by atoms with Crippen LogP contribution in [0.4, 0.5) is 0 Å². The first-order valence-corrected chi connectivity index (χ1v) is 18.5. The van der Waals surface area contributed by atoms with Crippen molar-refractivity contribution in [3.05, 3.63) is 91.1 Å². The summed E-state index contributed by atoms with van der Waals surface area (Å²) in [6.45, 7) is 35.2. The second-order valence-electron chi connectivity index (χ2n) is 14.3. The summed E-state index contributed by atoms with van der Waals surface area (Å²) in [5, 5.41) is 2.28. The molecule has 4 rings (SSSR count). The van der Waals surface area contributed by atoms with Crippen molar-refractivity contribution < 1.29 is 8.83 Å². The first-order valence-electron chi connectivity index (χ1n) is 16.8. The molecule has 4 heterocycles. The average Bonchev–Trinajstić information content (AvgIpc) is 3.76. The molecule has 44 heavy (non-hydrogen) atoms. The SMILES string of the molecule is CC(C)c1ccc(C(C)C)o1.CC(C)c1ccc(C(C)C)s1.CC(C)c1coc(C(C)C)c1.CC(C)c1csc(C(C)C)c1. The average molecular weight is 641 g/mol. The topological polar surface area (TPSA) is 26.3 Å². The Morgan fingerprint density at radius 2 is 0.864 bits per heavy atom. The molecule has 0 aliphatic rings. The molecule has 0 unspecified atom stereocenters. The summed E-state index contributed by atoms with van der Waals surface area (Å²) in [6.07, 6.45) is 1.86. The Labute approximate surface area is 279 Å². The van der Waals surface area contributed by atoms with Gasteiger partial charge in [-0.2, -0.15) is 0 Å². The van der Waals surface area contributed by atoms with Gasteiger partial charge in [-0.1, -0.05) is 111 Å².